The van der Waals surface area contributed by atoms with Crippen molar-refractivity contribution < 1.29 is 14.3 Å². The molecule has 0 radical (unpaired) electrons. The van der Waals surface area contributed by atoms with E-state index in [2.05, 4.69) is 10.3 Å². The van der Waals surface area contributed by atoms with Crippen molar-refractivity contribution in [3.63, 3.8) is 0 Å². The third-order valence-electron chi connectivity index (χ3n) is 5.47. The zero-order valence-corrected chi connectivity index (χ0v) is 19.1. The number of carbonyl (C=O) groups is 2. The number of rotatable bonds is 8. The number of imide groups is 1. The number of anilines is 1. The standard InChI is InChI=1S/C27H27N3O3/c1-4-15-33-22-11-9-20(10-12-22)24-25(29-23-13-8-18(2)16-19(23)3)27(32)30(26(24)31)17-21-7-5-6-14-28-21/h5-14,16,29H,4,15,17H2,1-3H3. The Bertz CT molecular complexity index is 1200. The Morgan fingerprint density at radius 3 is 2.42 bits per heavy atom. The van der Waals surface area contributed by atoms with Gasteiger partial charge >= 0.3 is 0 Å². The molecule has 0 saturated carbocycles. The molecule has 4 rings (SSSR count). The average Bonchev–Trinajstić information content (AvgIpc) is 3.04. The van der Waals surface area contributed by atoms with Gasteiger partial charge in [-0.3, -0.25) is 19.5 Å². The van der Waals surface area contributed by atoms with Crippen LogP contribution in [0.2, 0.25) is 0 Å². The highest BCUT2D eigenvalue weighted by Crippen LogP contribution is 2.33. The minimum absolute atomic E-state index is 0.109. The van der Waals surface area contributed by atoms with Crippen LogP contribution in [0.5, 0.6) is 5.75 Å². The molecule has 0 unspecified atom stereocenters. The molecule has 1 N–H and O–H groups in total. The molecule has 0 bridgehead atoms. The molecule has 1 aromatic heterocycles. The lowest BCUT2D eigenvalue weighted by Crippen LogP contribution is -2.32. The van der Waals surface area contributed by atoms with Gasteiger partial charge in [-0.1, -0.05) is 42.8 Å². The summed E-state index contributed by atoms with van der Waals surface area (Å²) in [5.74, 6) is 0.0132. The summed E-state index contributed by atoms with van der Waals surface area (Å²) in [4.78, 5) is 32.4. The van der Waals surface area contributed by atoms with Gasteiger partial charge in [0.1, 0.15) is 11.4 Å². The molecular formula is C27H27N3O3. The van der Waals surface area contributed by atoms with Crippen LogP contribution in [0.1, 0.15) is 35.7 Å². The van der Waals surface area contributed by atoms with E-state index in [1.807, 2.05) is 69.3 Å². The molecule has 2 aromatic carbocycles. The predicted molar refractivity (Wildman–Crippen MR) is 128 cm³/mol. The number of nitrogens with one attached hydrogen (secondary N) is 1. The number of aromatic nitrogens is 1. The van der Waals surface area contributed by atoms with E-state index in [0.717, 1.165) is 29.0 Å². The summed E-state index contributed by atoms with van der Waals surface area (Å²) < 4.78 is 5.67. The van der Waals surface area contributed by atoms with Crippen LogP contribution in [0.15, 0.2) is 72.6 Å². The first-order chi connectivity index (χ1) is 16.0. The first kappa shape index (κ1) is 22.3. The number of carbonyl (C=O) groups excluding carboxylic acids is 2. The molecule has 0 spiro atoms. The van der Waals surface area contributed by atoms with E-state index in [1.54, 1.807) is 18.3 Å². The van der Waals surface area contributed by atoms with Crippen molar-refractivity contribution in [1.82, 2.24) is 9.88 Å². The van der Waals surface area contributed by atoms with Crippen LogP contribution in [0.25, 0.3) is 5.57 Å². The lowest BCUT2D eigenvalue weighted by molar-refractivity contribution is -0.137. The predicted octanol–water partition coefficient (Wildman–Crippen LogP) is 4.88. The van der Waals surface area contributed by atoms with E-state index < -0.39 is 0 Å². The average molecular weight is 442 g/mol. The molecular weight excluding hydrogens is 414 g/mol. The number of hydrogen-bond acceptors (Lipinski definition) is 5. The molecule has 168 valence electrons. The Morgan fingerprint density at radius 2 is 1.76 bits per heavy atom. The fourth-order valence-corrected chi connectivity index (χ4v) is 3.78. The van der Waals surface area contributed by atoms with Gasteiger partial charge in [-0.15, -0.1) is 0 Å². The van der Waals surface area contributed by atoms with Crippen molar-refractivity contribution in [3.05, 3.63) is 94.9 Å². The quantitative estimate of drug-likeness (QED) is 0.505. The van der Waals surface area contributed by atoms with Gasteiger partial charge in [0.15, 0.2) is 0 Å². The molecule has 2 amide bonds. The van der Waals surface area contributed by atoms with Gasteiger partial charge in [0.05, 0.1) is 24.4 Å². The summed E-state index contributed by atoms with van der Waals surface area (Å²) in [6, 6.07) is 18.7. The Balaban J connectivity index is 1.72. The molecule has 3 aromatic rings. The first-order valence-corrected chi connectivity index (χ1v) is 11.1. The minimum atomic E-state index is -0.369. The van der Waals surface area contributed by atoms with Crippen molar-refractivity contribution in [2.45, 2.75) is 33.7 Å². The first-order valence-electron chi connectivity index (χ1n) is 11.1. The highest BCUT2D eigenvalue weighted by atomic mass is 16.5. The lowest BCUT2D eigenvalue weighted by Gasteiger charge is -2.15. The molecule has 0 atom stereocenters. The maximum atomic E-state index is 13.5. The number of nitrogens with zero attached hydrogens (tertiary/aromatic N) is 2. The number of benzene rings is 2. The molecule has 6 heteroatoms. The molecule has 0 fully saturated rings. The molecule has 0 saturated heterocycles. The number of pyridine rings is 1. The summed E-state index contributed by atoms with van der Waals surface area (Å²) in [6.07, 6.45) is 2.56. The third-order valence-corrected chi connectivity index (χ3v) is 5.47. The second kappa shape index (κ2) is 9.69. The minimum Gasteiger partial charge on any atom is -0.494 e. The summed E-state index contributed by atoms with van der Waals surface area (Å²) in [7, 11) is 0. The number of hydrogen-bond donors (Lipinski definition) is 1. The third kappa shape index (κ3) is 4.80. The van der Waals surface area contributed by atoms with Gasteiger partial charge in [-0.2, -0.15) is 0 Å². The van der Waals surface area contributed by atoms with Crippen molar-refractivity contribution in [1.29, 1.82) is 0 Å². The SMILES string of the molecule is CCCOc1ccc(C2=C(Nc3ccc(C)cc3C)C(=O)N(Cc3ccccn3)C2=O)cc1. The van der Waals surface area contributed by atoms with Crippen molar-refractivity contribution in [2.75, 3.05) is 11.9 Å². The smallest absolute Gasteiger partial charge is 0.278 e. The fraction of sp³-hybridized carbons (Fsp3) is 0.222. The summed E-state index contributed by atoms with van der Waals surface area (Å²) >= 11 is 0. The van der Waals surface area contributed by atoms with Gasteiger partial charge in [-0.05, 0) is 61.7 Å². The van der Waals surface area contributed by atoms with E-state index >= 15 is 0 Å². The summed E-state index contributed by atoms with van der Waals surface area (Å²) in [5, 5.41) is 3.25. The molecule has 1 aliphatic rings. The zero-order chi connectivity index (χ0) is 23.4. The van der Waals surface area contributed by atoms with Crippen LogP contribution >= 0.6 is 0 Å². The fourth-order valence-electron chi connectivity index (χ4n) is 3.78. The van der Waals surface area contributed by atoms with Crippen LogP contribution in [0, 0.1) is 13.8 Å². The Hall–Kier alpha value is -3.93. The zero-order valence-electron chi connectivity index (χ0n) is 19.1. The van der Waals surface area contributed by atoms with E-state index in [4.69, 9.17) is 4.74 Å². The maximum absolute atomic E-state index is 13.5. The largest absolute Gasteiger partial charge is 0.494 e. The summed E-state index contributed by atoms with van der Waals surface area (Å²) in [6.45, 7) is 6.77. The van der Waals surface area contributed by atoms with E-state index in [0.29, 0.717) is 23.4 Å². The maximum Gasteiger partial charge on any atom is 0.278 e. The molecule has 6 nitrogen and oxygen atoms in total. The van der Waals surface area contributed by atoms with Crippen LogP contribution in [-0.4, -0.2) is 28.3 Å². The van der Waals surface area contributed by atoms with Gasteiger partial charge in [0.25, 0.3) is 11.8 Å². The van der Waals surface area contributed by atoms with Crippen LogP contribution in [0.3, 0.4) is 0 Å². The van der Waals surface area contributed by atoms with E-state index in [1.165, 1.54) is 4.90 Å². The molecule has 1 aliphatic heterocycles. The highest BCUT2D eigenvalue weighted by molar-refractivity contribution is 6.36. The van der Waals surface area contributed by atoms with Gasteiger partial charge < -0.3 is 10.1 Å². The second-order valence-electron chi connectivity index (χ2n) is 8.08. The van der Waals surface area contributed by atoms with Crippen LogP contribution in [-0.2, 0) is 16.1 Å². The number of ether oxygens (including phenoxy) is 1. The monoisotopic (exact) mass is 441 g/mol. The number of aryl methyl sites for hydroxylation is 2. The second-order valence-corrected chi connectivity index (χ2v) is 8.08. The Labute approximate surface area is 193 Å². The van der Waals surface area contributed by atoms with Crippen molar-refractivity contribution in [3.8, 4) is 5.75 Å². The number of amides is 2. The van der Waals surface area contributed by atoms with Crippen LogP contribution < -0.4 is 10.1 Å². The highest BCUT2D eigenvalue weighted by Gasteiger charge is 2.39. The van der Waals surface area contributed by atoms with Crippen molar-refractivity contribution in [2.24, 2.45) is 0 Å². The van der Waals surface area contributed by atoms with Crippen LogP contribution in [0.4, 0.5) is 5.69 Å². The van der Waals surface area contributed by atoms with Gasteiger partial charge in [0, 0.05) is 11.9 Å². The molecule has 33 heavy (non-hydrogen) atoms. The Kier molecular flexibility index (Phi) is 6.54. The van der Waals surface area contributed by atoms with E-state index in [9.17, 15) is 9.59 Å². The Morgan fingerprint density at radius 1 is 0.970 bits per heavy atom. The topological polar surface area (TPSA) is 71.5 Å². The summed E-state index contributed by atoms with van der Waals surface area (Å²) in [5.41, 5.74) is 4.83. The van der Waals surface area contributed by atoms with Gasteiger partial charge in [0.2, 0.25) is 0 Å². The molecule has 0 aliphatic carbocycles. The normalized spacial score (nSPS) is 13.6. The molecule has 2 heterocycles. The van der Waals surface area contributed by atoms with Crippen molar-refractivity contribution >= 4 is 23.1 Å². The van der Waals surface area contributed by atoms with Gasteiger partial charge in [-0.25, -0.2) is 0 Å². The van der Waals surface area contributed by atoms with E-state index in [-0.39, 0.29) is 24.1 Å². The lowest BCUT2D eigenvalue weighted by atomic mass is 10.0.